The first kappa shape index (κ1) is 21.3. The molecule has 1 amide bonds. The number of rotatable bonds is 6. The van der Waals surface area contributed by atoms with Crippen LogP contribution in [0.1, 0.15) is 0 Å². The molecule has 2 aromatic heterocycles. The Morgan fingerprint density at radius 3 is 2.38 bits per heavy atom. The largest absolute Gasteiger partial charge is 0.497 e. The number of methoxy groups -OCH3 is 2. The molecule has 5 rings (SSSR count). The van der Waals surface area contributed by atoms with Crippen LogP contribution in [0.15, 0.2) is 83.7 Å². The Balaban J connectivity index is 1.60. The van der Waals surface area contributed by atoms with Crippen LogP contribution in [0.3, 0.4) is 0 Å². The lowest BCUT2D eigenvalue weighted by Gasteiger charge is -2.12. The molecular weight excluding hydrogens is 432 g/mol. The van der Waals surface area contributed by atoms with Crippen molar-refractivity contribution in [2.24, 2.45) is 0 Å². The third-order valence-corrected chi connectivity index (χ3v) is 5.61. The number of amides is 1. The molecule has 3 aromatic carbocycles. The number of ether oxygens (including phenoxy) is 2. The van der Waals surface area contributed by atoms with Gasteiger partial charge in [0.15, 0.2) is 0 Å². The van der Waals surface area contributed by atoms with Gasteiger partial charge in [-0.2, -0.15) is 0 Å². The second-order valence-electron chi connectivity index (χ2n) is 7.67. The van der Waals surface area contributed by atoms with E-state index in [1.165, 1.54) is 17.6 Å². The van der Waals surface area contributed by atoms with Crippen molar-refractivity contribution in [2.75, 3.05) is 19.5 Å². The molecule has 1 N–H and O–H groups in total. The van der Waals surface area contributed by atoms with Gasteiger partial charge in [0, 0.05) is 17.7 Å². The van der Waals surface area contributed by atoms with E-state index in [2.05, 4.69) is 5.32 Å². The summed E-state index contributed by atoms with van der Waals surface area (Å²) in [5.41, 5.74) is 3.05. The van der Waals surface area contributed by atoms with Gasteiger partial charge in [0.05, 0.1) is 36.6 Å². The summed E-state index contributed by atoms with van der Waals surface area (Å²) in [7, 11) is 3.09. The fourth-order valence-corrected chi connectivity index (χ4v) is 4.02. The van der Waals surface area contributed by atoms with Crippen LogP contribution in [0.4, 0.5) is 5.69 Å². The van der Waals surface area contributed by atoms with Gasteiger partial charge in [-0.05, 0) is 24.3 Å². The lowest BCUT2D eigenvalue weighted by Crippen LogP contribution is -2.21. The molecule has 2 heterocycles. The van der Waals surface area contributed by atoms with Gasteiger partial charge in [-0.15, -0.1) is 0 Å². The standard InChI is InChI=1S/C26H22N4O4/c1-33-18-12-13-23(34-2)20(14-18)27-24(31)16-29-21-10-6-7-11-22(21)30-25(32)15-19(28-26(29)30)17-8-4-3-5-9-17/h3-15H,16H2,1-2H3,(H,27,31). The molecule has 0 aliphatic heterocycles. The average molecular weight is 454 g/mol. The van der Waals surface area contributed by atoms with Gasteiger partial charge < -0.3 is 19.4 Å². The predicted octanol–water partition coefficient (Wildman–Crippen LogP) is 3.97. The molecule has 0 fully saturated rings. The van der Waals surface area contributed by atoms with Crippen molar-refractivity contribution in [1.82, 2.24) is 14.0 Å². The zero-order valence-corrected chi connectivity index (χ0v) is 18.7. The van der Waals surface area contributed by atoms with Crippen LogP contribution in [0.2, 0.25) is 0 Å². The summed E-state index contributed by atoms with van der Waals surface area (Å²) in [5.74, 6) is 1.19. The van der Waals surface area contributed by atoms with Crippen LogP contribution in [0.25, 0.3) is 28.1 Å². The summed E-state index contributed by atoms with van der Waals surface area (Å²) in [6.45, 7) is -0.0535. The number of anilines is 1. The Labute approximate surface area is 195 Å². The number of imidazole rings is 1. The van der Waals surface area contributed by atoms with Gasteiger partial charge in [-0.25, -0.2) is 9.38 Å². The molecule has 5 aromatic rings. The molecule has 8 heteroatoms. The Morgan fingerprint density at radius 2 is 1.65 bits per heavy atom. The number of hydrogen-bond donors (Lipinski definition) is 1. The zero-order chi connectivity index (χ0) is 23.7. The van der Waals surface area contributed by atoms with Crippen LogP contribution in [-0.2, 0) is 11.3 Å². The van der Waals surface area contributed by atoms with Gasteiger partial charge in [0.25, 0.3) is 5.56 Å². The Hall–Kier alpha value is -4.59. The first-order valence-corrected chi connectivity index (χ1v) is 10.7. The second-order valence-corrected chi connectivity index (χ2v) is 7.67. The molecule has 0 saturated carbocycles. The van der Waals surface area contributed by atoms with Crippen molar-refractivity contribution in [2.45, 2.75) is 6.54 Å². The van der Waals surface area contributed by atoms with Crippen LogP contribution in [0, 0.1) is 0 Å². The fraction of sp³-hybridized carbons (Fsp3) is 0.115. The highest BCUT2D eigenvalue weighted by Crippen LogP contribution is 2.29. The summed E-state index contributed by atoms with van der Waals surface area (Å²) >= 11 is 0. The molecule has 0 bridgehead atoms. The van der Waals surface area contributed by atoms with Crippen LogP contribution in [-0.4, -0.2) is 34.1 Å². The van der Waals surface area contributed by atoms with E-state index in [1.54, 1.807) is 29.9 Å². The molecule has 0 saturated heterocycles. The molecular formula is C26H22N4O4. The molecule has 170 valence electrons. The minimum Gasteiger partial charge on any atom is -0.497 e. The highest BCUT2D eigenvalue weighted by atomic mass is 16.5. The van der Waals surface area contributed by atoms with Gasteiger partial charge in [-0.1, -0.05) is 42.5 Å². The van der Waals surface area contributed by atoms with E-state index >= 15 is 0 Å². The molecule has 34 heavy (non-hydrogen) atoms. The van der Waals surface area contributed by atoms with E-state index in [-0.39, 0.29) is 18.0 Å². The number of carbonyl (C=O) groups excluding carboxylic acids is 1. The Kier molecular flexibility index (Phi) is 5.47. The van der Waals surface area contributed by atoms with E-state index in [1.807, 2.05) is 54.6 Å². The maximum absolute atomic E-state index is 13.1. The van der Waals surface area contributed by atoms with Gasteiger partial charge >= 0.3 is 0 Å². The smallest absolute Gasteiger partial charge is 0.260 e. The molecule has 0 radical (unpaired) electrons. The maximum Gasteiger partial charge on any atom is 0.260 e. The highest BCUT2D eigenvalue weighted by Gasteiger charge is 2.18. The summed E-state index contributed by atoms with van der Waals surface area (Å²) in [6.07, 6.45) is 0. The van der Waals surface area contributed by atoms with Crippen molar-refractivity contribution in [3.8, 4) is 22.8 Å². The number of fused-ring (bicyclic) bond motifs is 3. The van der Waals surface area contributed by atoms with Crippen molar-refractivity contribution in [3.05, 3.63) is 89.2 Å². The fourth-order valence-electron chi connectivity index (χ4n) is 4.02. The Morgan fingerprint density at radius 1 is 0.912 bits per heavy atom. The van der Waals surface area contributed by atoms with Crippen LogP contribution >= 0.6 is 0 Å². The van der Waals surface area contributed by atoms with Crippen molar-refractivity contribution >= 4 is 28.4 Å². The predicted molar refractivity (Wildman–Crippen MR) is 131 cm³/mol. The monoisotopic (exact) mass is 454 g/mol. The topological polar surface area (TPSA) is 86.9 Å². The van der Waals surface area contributed by atoms with Gasteiger partial charge in [0.1, 0.15) is 18.0 Å². The number of benzene rings is 3. The second kappa shape index (κ2) is 8.74. The minimum atomic E-state index is -0.297. The third kappa shape index (κ3) is 3.75. The first-order chi connectivity index (χ1) is 16.6. The van der Waals surface area contributed by atoms with E-state index in [0.29, 0.717) is 34.2 Å². The highest BCUT2D eigenvalue weighted by molar-refractivity contribution is 5.94. The average Bonchev–Trinajstić information content (AvgIpc) is 3.18. The van der Waals surface area contributed by atoms with Crippen molar-refractivity contribution < 1.29 is 14.3 Å². The quantitative estimate of drug-likeness (QED) is 0.420. The number of carbonyl (C=O) groups is 1. The zero-order valence-electron chi connectivity index (χ0n) is 18.7. The van der Waals surface area contributed by atoms with Crippen molar-refractivity contribution in [1.29, 1.82) is 0 Å². The minimum absolute atomic E-state index is 0.0535. The van der Waals surface area contributed by atoms with E-state index < -0.39 is 0 Å². The molecule has 0 unspecified atom stereocenters. The van der Waals surface area contributed by atoms with E-state index in [0.717, 1.165) is 11.1 Å². The SMILES string of the molecule is COc1ccc(OC)c(NC(=O)Cn2c3ccccc3n3c(=O)cc(-c4ccccc4)nc23)c1. The maximum atomic E-state index is 13.1. The van der Waals surface area contributed by atoms with Crippen LogP contribution in [0.5, 0.6) is 11.5 Å². The summed E-state index contributed by atoms with van der Waals surface area (Å²) in [5, 5.41) is 2.88. The molecule has 0 atom stereocenters. The molecule has 0 aliphatic rings. The number of para-hydroxylation sites is 2. The third-order valence-electron chi connectivity index (χ3n) is 5.61. The van der Waals surface area contributed by atoms with Crippen molar-refractivity contribution in [3.63, 3.8) is 0 Å². The Bertz CT molecular complexity index is 1570. The lowest BCUT2D eigenvalue weighted by atomic mass is 10.1. The van der Waals surface area contributed by atoms with E-state index in [4.69, 9.17) is 14.5 Å². The number of hydrogen-bond acceptors (Lipinski definition) is 5. The number of nitrogens with zero attached hydrogens (tertiary/aromatic N) is 3. The first-order valence-electron chi connectivity index (χ1n) is 10.7. The van der Waals surface area contributed by atoms with Gasteiger partial charge in [0.2, 0.25) is 11.7 Å². The summed E-state index contributed by atoms with van der Waals surface area (Å²) in [6, 6.07) is 23.6. The van der Waals surface area contributed by atoms with Crippen LogP contribution < -0.4 is 20.3 Å². The molecule has 0 spiro atoms. The molecule has 0 aliphatic carbocycles. The van der Waals surface area contributed by atoms with Gasteiger partial charge in [-0.3, -0.25) is 9.59 Å². The number of nitrogens with one attached hydrogen (secondary N) is 1. The lowest BCUT2D eigenvalue weighted by molar-refractivity contribution is -0.116. The normalized spacial score (nSPS) is 11.0. The summed E-state index contributed by atoms with van der Waals surface area (Å²) < 4.78 is 13.9. The summed E-state index contributed by atoms with van der Waals surface area (Å²) in [4.78, 5) is 31.0. The van der Waals surface area contributed by atoms with E-state index in [9.17, 15) is 9.59 Å². The number of aromatic nitrogens is 3. The molecule has 8 nitrogen and oxygen atoms in total.